The van der Waals surface area contributed by atoms with Crippen molar-refractivity contribution in [2.24, 2.45) is 11.8 Å². The molecule has 5 aromatic rings. The number of likely N-dealkylation sites (tertiary alicyclic amines) is 1. The summed E-state index contributed by atoms with van der Waals surface area (Å²) in [6.45, 7) is 9.74. The lowest BCUT2D eigenvalue weighted by Gasteiger charge is -2.21. The van der Waals surface area contributed by atoms with Crippen molar-refractivity contribution in [1.82, 2.24) is 30.2 Å². The van der Waals surface area contributed by atoms with E-state index in [-0.39, 0.29) is 11.7 Å². The van der Waals surface area contributed by atoms with E-state index in [1.54, 1.807) is 14.0 Å². The van der Waals surface area contributed by atoms with Gasteiger partial charge < -0.3 is 24.9 Å². The summed E-state index contributed by atoms with van der Waals surface area (Å²) in [5.74, 6) is 1.52. The van der Waals surface area contributed by atoms with Gasteiger partial charge in [-0.25, -0.2) is 15.0 Å². The monoisotopic (exact) mass is 747 g/mol. The Labute approximate surface area is 320 Å². The number of carboxylic acids is 1. The first-order chi connectivity index (χ1) is 26.1. The molecule has 1 fully saturated rings. The molecule has 7 rings (SSSR count). The Morgan fingerprint density at radius 1 is 1.06 bits per heavy atom. The molecular formula is C42H46ClN7O4. The second-order valence-corrected chi connectivity index (χ2v) is 15.0. The molecule has 11 nitrogen and oxygen atoms in total. The minimum Gasteiger partial charge on any atom is -0.481 e. The number of carboxylic acid groups (broad SMARTS) is 1. The topological polar surface area (TPSA) is 134 Å². The zero-order valence-electron chi connectivity index (χ0n) is 31.2. The Balaban J connectivity index is 1.13. The number of pyridine rings is 2. The first-order valence-corrected chi connectivity index (χ1v) is 19.0. The fraction of sp³-hybridized carbons (Fsp3) is 0.381. The number of ether oxygens (including phenoxy) is 1. The molecular weight excluding hydrogens is 702 g/mol. The maximum absolute atomic E-state index is 11.5. The van der Waals surface area contributed by atoms with Crippen LogP contribution < -0.4 is 15.0 Å². The number of anilines is 2. The van der Waals surface area contributed by atoms with Crippen LogP contribution in [0.2, 0.25) is 5.02 Å². The van der Waals surface area contributed by atoms with Crippen LogP contribution in [0.25, 0.3) is 33.4 Å². The standard InChI is InChI=1S/C42H46ClN7O4/c1-25(11-12-26(2)51)20-44-22-29-13-14-35(48-41(29)54-4)34-9-5-8-33(38(34)43)31-7-6-10-37-32(31)16-18-50(37)40-39-36(46-27(3)47-40)19-28(21-45-39)23-49-17-15-30(24-49)42(52)53/h5-10,13-14,19,21,25,30,44H,11-12,15-18,20,22-24H2,1-4H3,(H,52,53)/t25-,30+/m0/s1. The molecule has 0 saturated carbocycles. The lowest BCUT2D eigenvalue weighted by molar-refractivity contribution is -0.141. The van der Waals surface area contributed by atoms with Crippen LogP contribution in [-0.4, -0.2) is 75.0 Å². The summed E-state index contributed by atoms with van der Waals surface area (Å²) in [6.07, 6.45) is 4.79. The number of rotatable bonds is 14. The predicted octanol–water partition coefficient (Wildman–Crippen LogP) is 7.42. The van der Waals surface area contributed by atoms with E-state index in [0.717, 1.165) is 88.5 Å². The number of ketones is 1. The normalized spacial score (nSPS) is 16.2. The van der Waals surface area contributed by atoms with Gasteiger partial charge in [-0.2, -0.15) is 0 Å². The van der Waals surface area contributed by atoms with Crippen LogP contribution in [0.5, 0.6) is 5.88 Å². The van der Waals surface area contributed by atoms with E-state index >= 15 is 0 Å². The predicted molar refractivity (Wildman–Crippen MR) is 211 cm³/mol. The van der Waals surface area contributed by atoms with Gasteiger partial charge in [0.2, 0.25) is 5.88 Å². The molecule has 5 heterocycles. The summed E-state index contributed by atoms with van der Waals surface area (Å²) in [6, 6.07) is 18.4. The summed E-state index contributed by atoms with van der Waals surface area (Å²) < 4.78 is 5.72. The molecule has 0 bridgehead atoms. The van der Waals surface area contributed by atoms with Gasteiger partial charge in [0.05, 0.1) is 29.3 Å². The van der Waals surface area contributed by atoms with E-state index in [9.17, 15) is 14.7 Å². The molecule has 0 aliphatic carbocycles. The van der Waals surface area contributed by atoms with Crippen molar-refractivity contribution in [2.75, 3.05) is 38.2 Å². The van der Waals surface area contributed by atoms with E-state index in [4.69, 9.17) is 36.3 Å². The number of aryl methyl sites for hydroxylation is 1. The molecule has 2 aliphatic heterocycles. The zero-order valence-corrected chi connectivity index (χ0v) is 32.0. The highest BCUT2D eigenvalue weighted by molar-refractivity contribution is 6.36. The molecule has 12 heteroatoms. The minimum absolute atomic E-state index is 0.220. The first-order valence-electron chi connectivity index (χ1n) is 18.6. The Bertz CT molecular complexity index is 2210. The minimum atomic E-state index is -0.733. The van der Waals surface area contributed by atoms with Crippen molar-refractivity contribution in [2.45, 2.75) is 59.5 Å². The van der Waals surface area contributed by atoms with E-state index < -0.39 is 5.97 Å². The fourth-order valence-corrected chi connectivity index (χ4v) is 7.97. The van der Waals surface area contributed by atoms with E-state index in [1.165, 1.54) is 5.56 Å². The number of nitrogens with one attached hydrogen (secondary N) is 1. The lowest BCUT2D eigenvalue weighted by atomic mass is 9.95. The SMILES string of the molecule is COc1nc(-c2cccc(-c3cccc4c3CCN4c3nc(C)nc4cc(CN5CC[C@@H](C(=O)O)C5)cnc34)c2Cl)ccc1CNC[C@@H](C)CCC(C)=O. The molecule has 0 radical (unpaired) electrons. The highest BCUT2D eigenvalue weighted by atomic mass is 35.5. The highest BCUT2D eigenvalue weighted by Gasteiger charge is 2.30. The van der Waals surface area contributed by atoms with Gasteiger partial charge in [0.1, 0.15) is 17.1 Å². The maximum atomic E-state index is 11.5. The van der Waals surface area contributed by atoms with Crippen molar-refractivity contribution in [3.8, 4) is 28.3 Å². The number of Topliss-reactive ketones (excluding diaryl/α,β-unsaturated/α-hetero) is 1. The second kappa shape index (κ2) is 16.2. The van der Waals surface area contributed by atoms with Crippen molar-refractivity contribution in [3.63, 3.8) is 0 Å². The van der Waals surface area contributed by atoms with Crippen LogP contribution in [0, 0.1) is 18.8 Å². The fourth-order valence-electron chi connectivity index (χ4n) is 7.65. The molecule has 2 aromatic carbocycles. The van der Waals surface area contributed by atoms with Gasteiger partial charge in [0.15, 0.2) is 5.82 Å². The molecule has 280 valence electrons. The van der Waals surface area contributed by atoms with Gasteiger partial charge in [0.25, 0.3) is 0 Å². The van der Waals surface area contributed by atoms with Gasteiger partial charge >= 0.3 is 5.97 Å². The Morgan fingerprint density at radius 2 is 1.85 bits per heavy atom. The number of hydrogen-bond donors (Lipinski definition) is 2. The average molecular weight is 748 g/mol. The van der Waals surface area contributed by atoms with Gasteiger partial charge in [0, 0.05) is 61.2 Å². The number of aliphatic carboxylic acids is 1. The summed E-state index contributed by atoms with van der Waals surface area (Å²) in [4.78, 5) is 46.6. The Morgan fingerprint density at radius 3 is 2.63 bits per heavy atom. The van der Waals surface area contributed by atoms with Crippen molar-refractivity contribution in [1.29, 1.82) is 0 Å². The molecule has 2 N–H and O–H groups in total. The number of halogens is 1. The number of aromatic nitrogens is 4. The van der Waals surface area contributed by atoms with Gasteiger partial charge in [-0.1, -0.05) is 54.9 Å². The largest absolute Gasteiger partial charge is 0.481 e. The summed E-state index contributed by atoms with van der Waals surface area (Å²) in [7, 11) is 1.63. The van der Waals surface area contributed by atoms with Crippen molar-refractivity contribution >= 4 is 45.9 Å². The summed E-state index contributed by atoms with van der Waals surface area (Å²) in [5.41, 5.74) is 9.23. The van der Waals surface area contributed by atoms with Crippen LogP contribution in [0.4, 0.5) is 11.5 Å². The molecule has 2 atom stereocenters. The molecule has 3 aromatic heterocycles. The first kappa shape index (κ1) is 37.3. The lowest BCUT2D eigenvalue weighted by Crippen LogP contribution is -2.23. The number of fused-ring (bicyclic) bond motifs is 2. The van der Waals surface area contributed by atoms with Gasteiger partial charge in [-0.15, -0.1) is 0 Å². The molecule has 1 saturated heterocycles. The van der Waals surface area contributed by atoms with Gasteiger partial charge in [-0.3, -0.25) is 14.7 Å². The number of benzene rings is 2. The summed E-state index contributed by atoms with van der Waals surface area (Å²) in [5, 5.41) is 13.5. The second-order valence-electron chi connectivity index (χ2n) is 14.6. The van der Waals surface area contributed by atoms with Crippen LogP contribution in [0.1, 0.15) is 55.6 Å². The molecule has 2 aliphatic rings. The number of nitrogens with zero attached hydrogens (tertiary/aromatic N) is 6. The molecule has 0 unspecified atom stereocenters. The highest BCUT2D eigenvalue weighted by Crippen LogP contribution is 2.44. The Hall–Kier alpha value is -4.97. The van der Waals surface area contributed by atoms with Crippen LogP contribution in [0.3, 0.4) is 0 Å². The number of carbonyl (C=O) groups excluding carboxylic acids is 1. The maximum Gasteiger partial charge on any atom is 0.307 e. The van der Waals surface area contributed by atoms with Crippen molar-refractivity contribution < 1.29 is 19.4 Å². The van der Waals surface area contributed by atoms with Crippen molar-refractivity contribution in [3.05, 3.63) is 88.3 Å². The zero-order chi connectivity index (χ0) is 37.9. The third kappa shape index (κ3) is 7.94. The van der Waals surface area contributed by atoms with E-state index in [2.05, 4.69) is 52.4 Å². The van der Waals surface area contributed by atoms with Crippen LogP contribution in [-0.2, 0) is 29.1 Å². The smallest absolute Gasteiger partial charge is 0.307 e. The van der Waals surface area contributed by atoms with Crippen LogP contribution in [0.15, 0.2) is 60.8 Å². The number of hydrogen-bond acceptors (Lipinski definition) is 10. The molecule has 0 spiro atoms. The summed E-state index contributed by atoms with van der Waals surface area (Å²) >= 11 is 7.24. The third-order valence-corrected chi connectivity index (χ3v) is 10.9. The number of methoxy groups -OCH3 is 1. The number of carbonyl (C=O) groups is 2. The molecule has 0 amide bonds. The van der Waals surface area contributed by atoms with Crippen LogP contribution >= 0.6 is 11.6 Å². The molecule has 54 heavy (non-hydrogen) atoms. The van der Waals surface area contributed by atoms with E-state index in [0.29, 0.717) is 55.1 Å². The Kier molecular flexibility index (Phi) is 11.2. The third-order valence-electron chi connectivity index (χ3n) is 10.5. The van der Waals surface area contributed by atoms with E-state index in [1.807, 2.05) is 37.4 Å². The average Bonchev–Trinajstić information content (AvgIpc) is 3.82. The van der Waals surface area contributed by atoms with Gasteiger partial charge in [-0.05, 0) is 87.0 Å². The quantitative estimate of drug-likeness (QED) is 0.118.